The fraction of sp³-hybridized carbons (Fsp3) is 0.750. The zero-order chi connectivity index (χ0) is 13.5. The van der Waals surface area contributed by atoms with E-state index in [1.807, 2.05) is 0 Å². The molecule has 0 spiro atoms. The van der Waals surface area contributed by atoms with Gasteiger partial charge in [0, 0.05) is 26.6 Å². The molecule has 1 aliphatic rings. The molecule has 1 atom stereocenters. The van der Waals surface area contributed by atoms with E-state index in [2.05, 4.69) is 11.0 Å². The minimum Gasteiger partial charge on any atom is -0.480 e. The normalized spacial score (nSPS) is 20.1. The Morgan fingerprint density at radius 1 is 1.56 bits per heavy atom. The van der Waals surface area contributed by atoms with Gasteiger partial charge in [0.1, 0.15) is 6.54 Å². The Morgan fingerprint density at radius 2 is 2.28 bits per heavy atom. The second-order valence-electron chi connectivity index (χ2n) is 4.64. The van der Waals surface area contributed by atoms with Crippen molar-refractivity contribution in [3.05, 3.63) is 0 Å². The molecule has 0 aromatic rings. The highest BCUT2D eigenvalue weighted by atomic mass is 16.4. The molecule has 0 aliphatic carbocycles. The second-order valence-corrected chi connectivity index (χ2v) is 4.64. The van der Waals surface area contributed by atoms with Gasteiger partial charge in [-0.05, 0) is 19.4 Å². The van der Waals surface area contributed by atoms with E-state index >= 15 is 0 Å². The summed E-state index contributed by atoms with van der Waals surface area (Å²) in [6, 6.07) is 2.09. The Hall–Kier alpha value is -1.61. The molecule has 1 amide bonds. The van der Waals surface area contributed by atoms with Crippen LogP contribution < -0.4 is 0 Å². The molecule has 0 radical (unpaired) electrons. The van der Waals surface area contributed by atoms with Crippen LogP contribution in [0.4, 0.5) is 0 Å². The number of carbonyl (C=O) groups excluding carboxylic acids is 1. The highest BCUT2D eigenvalue weighted by Crippen LogP contribution is 2.18. The number of hydrogen-bond donors (Lipinski definition) is 1. The van der Waals surface area contributed by atoms with E-state index in [0.29, 0.717) is 19.5 Å². The van der Waals surface area contributed by atoms with E-state index in [9.17, 15) is 9.59 Å². The van der Waals surface area contributed by atoms with Crippen LogP contribution in [0.25, 0.3) is 0 Å². The maximum absolute atomic E-state index is 12.0. The summed E-state index contributed by atoms with van der Waals surface area (Å²) < 4.78 is 0. The molecule has 1 fully saturated rings. The lowest BCUT2D eigenvalue weighted by atomic mass is 9.96. The number of carbonyl (C=O) groups is 2. The molecular weight excluding hydrogens is 234 g/mol. The third-order valence-corrected chi connectivity index (χ3v) is 3.14. The average Bonchev–Trinajstić information content (AvgIpc) is 2.35. The smallest absolute Gasteiger partial charge is 0.323 e. The largest absolute Gasteiger partial charge is 0.480 e. The predicted molar refractivity (Wildman–Crippen MR) is 64.7 cm³/mol. The van der Waals surface area contributed by atoms with Crippen LogP contribution in [0.2, 0.25) is 0 Å². The van der Waals surface area contributed by atoms with Crippen molar-refractivity contribution < 1.29 is 14.7 Å². The van der Waals surface area contributed by atoms with Gasteiger partial charge in [-0.25, -0.2) is 0 Å². The molecule has 18 heavy (non-hydrogen) atoms. The number of aliphatic carboxylic acids is 1. The third-order valence-electron chi connectivity index (χ3n) is 3.14. The number of carboxylic acids is 1. The van der Waals surface area contributed by atoms with Crippen molar-refractivity contribution in [1.29, 1.82) is 5.26 Å². The van der Waals surface area contributed by atoms with Crippen LogP contribution in [0.3, 0.4) is 0 Å². The number of hydrogen-bond acceptors (Lipinski definition) is 4. The standard InChI is InChI=1S/C12H19N3O3/c1-14(9-11(16)17)12(18)10-4-2-6-15(8-10)7-3-5-13/h10H,2-4,6-9H2,1H3,(H,16,17). The molecule has 6 nitrogen and oxygen atoms in total. The van der Waals surface area contributed by atoms with Gasteiger partial charge in [0.25, 0.3) is 0 Å². The molecular formula is C12H19N3O3. The lowest BCUT2D eigenvalue weighted by Crippen LogP contribution is -2.45. The van der Waals surface area contributed by atoms with E-state index in [1.54, 1.807) is 0 Å². The Morgan fingerprint density at radius 3 is 2.89 bits per heavy atom. The summed E-state index contributed by atoms with van der Waals surface area (Å²) in [7, 11) is 1.52. The Balaban J connectivity index is 2.47. The number of rotatable bonds is 5. The average molecular weight is 253 g/mol. The van der Waals surface area contributed by atoms with Gasteiger partial charge in [-0.1, -0.05) is 0 Å². The van der Waals surface area contributed by atoms with Crippen LogP contribution in [-0.4, -0.2) is 60.0 Å². The van der Waals surface area contributed by atoms with E-state index in [1.165, 1.54) is 11.9 Å². The lowest BCUT2D eigenvalue weighted by Gasteiger charge is -2.33. The summed E-state index contributed by atoms with van der Waals surface area (Å²) in [5, 5.41) is 17.2. The van der Waals surface area contributed by atoms with Crippen molar-refractivity contribution in [2.75, 3.05) is 33.2 Å². The van der Waals surface area contributed by atoms with E-state index < -0.39 is 5.97 Å². The molecule has 0 aromatic heterocycles. The minimum absolute atomic E-state index is 0.112. The van der Waals surface area contributed by atoms with Crippen molar-refractivity contribution >= 4 is 11.9 Å². The van der Waals surface area contributed by atoms with Crippen molar-refractivity contribution in [2.45, 2.75) is 19.3 Å². The first-order valence-electron chi connectivity index (χ1n) is 6.10. The highest BCUT2D eigenvalue weighted by molar-refractivity contribution is 5.83. The maximum atomic E-state index is 12.0. The summed E-state index contributed by atoms with van der Waals surface area (Å²) in [4.78, 5) is 26.0. The molecule has 1 heterocycles. The first-order chi connectivity index (χ1) is 8.54. The first kappa shape index (κ1) is 14.5. The zero-order valence-electron chi connectivity index (χ0n) is 10.6. The zero-order valence-corrected chi connectivity index (χ0v) is 10.6. The molecule has 1 saturated heterocycles. The Labute approximate surface area is 107 Å². The molecule has 100 valence electrons. The van der Waals surface area contributed by atoms with Crippen molar-refractivity contribution in [3.8, 4) is 6.07 Å². The quantitative estimate of drug-likeness (QED) is 0.754. The summed E-state index contributed by atoms with van der Waals surface area (Å²) in [6.07, 6.45) is 2.18. The second kappa shape index (κ2) is 6.97. The van der Waals surface area contributed by atoms with Crippen molar-refractivity contribution in [2.24, 2.45) is 5.92 Å². The predicted octanol–water partition coefficient (Wildman–Crippen LogP) is 0.155. The molecule has 0 aromatic carbocycles. The number of nitrogens with zero attached hydrogens (tertiary/aromatic N) is 3. The summed E-state index contributed by atoms with van der Waals surface area (Å²) in [6.45, 7) is 1.97. The Bertz CT molecular complexity index is 351. The maximum Gasteiger partial charge on any atom is 0.323 e. The van der Waals surface area contributed by atoms with Crippen LogP contribution in [0, 0.1) is 17.2 Å². The number of carboxylic acid groups (broad SMARTS) is 1. The SMILES string of the molecule is CN(CC(=O)O)C(=O)C1CCCN(CCC#N)C1. The van der Waals surface area contributed by atoms with Crippen molar-refractivity contribution in [3.63, 3.8) is 0 Å². The Kier molecular flexibility index (Phi) is 5.59. The molecule has 1 rings (SSSR count). The van der Waals surface area contributed by atoms with Gasteiger partial charge in [-0.15, -0.1) is 0 Å². The van der Waals surface area contributed by atoms with Crippen LogP contribution >= 0.6 is 0 Å². The third kappa shape index (κ3) is 4.34. The highest BCUT2D eigenvalue weighted by Gasteiger charge is 2.28. The van der Waals surface area contributed by atoms with Gasteiger partial charge in [0.05, 0.1) is 12.0 Å². The van der Waals surface area contributed by atoms with Gasteiger partial charge < -0.3 is 14.9 Å². The molecule has 6 heteroatoms. The van der Waals surface area contributed by atoms with E-state index in [0.717, 1.165) is 19.4 Å². The number of likely N-dealkylation sites (N-methyl/N-ethyl adjacent to an activating group) is 1. The van der Waals surface area contributed by atoms with Gasteiger partial charge in [-0.2, -0.15) is 5.26 Å². The number of piperidine rings is 1. The van der Waals surface area contributed by atoms with Crippen LogP contribution in [-0.2, 0) is 9.59 Å². The summed E-state index contributed by atoms with van der Waals surface area (Å²) >= 11 is 0. The molecule has 0 saturated carbocycles. The lowest BCUT2D eigenvalue weighted by molar-refractivity contribution is -0.146. The molecule has 1 N–H and O–H groups in total. The fourth-order valence-electron chi connectivity index (χ4n) is 2.26. The molecule has 0 bridgehead atoms. The first-order valence-corrected chi connectivity index (χ1v) is 6.10. The van der Waals surface area contributed by atoms with Gasteiger partial charge in [0.2, 0.25) is 5.91 Å². The topological polar surface area (TPSA) is 84.6 Å². The number of likely N-dealkylation sites (tertiary alicyclic amines) is 1. The van der Waals surface area contributed by atoms with Crippen LogP contribution in [0.15, 0.2) is 0 Å². The number of nitriles is 1. The van der Waals surface area contributed by atoms with Gasteiger partial charge >= 0.3 is 5.97 Å². The van der Waals surface area contributed by atoms with Crippen LogP contribution in [0.1, 0.15) is 19.3 Å². The molecule has 1 aliphatic heterocycles. The van der Waals surface area contributed by atoms with Crippen molar-refractivity contribution in [1.82, 2.24) is 9.80 Å². The number of amides is 1. The van der Waals surface area contributed by atoms with E-state index in [4.69, 9.17) is 10.4 Å². The monoisotopic (exact) mass is 253 g/mol. The van der Waals surface area contributed by atoms with Gasteiger partial charge in [-0.3, -0.25) is 9.59 Å². The van der Waals surface area contributed by atoms with E-state index in [-0.39, 0.29) is 18.4 Å². The minimum atomic E-state index is -0.997. The summed E-state index contributed by atoms with van der Waals surface area (Å²) in [5.74, 6) is -1.25. The molecule has 1 unspecified atom stereocenters. The van der Waals surface area contributed by atoms with Gasteiger partial charge in [0.15, 0.2) is 0 Å². The fourth-order valence-corrected chi connectivity index (χ4v) is 2.26. The summed E-state index contributed by atoms with van der Waals surface area (Å²) in [5.41, 5.74) is 0. The van der Waals surface area contributed by atoms with Crippen LogP contribution in [0.5, 0.6) is 0 Å².